The Morgan fingerprint density at radius 2 is 1.94 bits per heavy atom. The average molecular weight is 250 g/mol. The fraction of sp³-hybridized carbons (Fsp3) is 0.533. The van der Waals surface area contributed by atoms with Gasteiger partial charge in [0.05, 0.1) is 12.2 Å². The van der Waals surface area contributed by atoms with E-state index >= 15 is 0 Å². The van der Waals surface area contributed by atoms with Crippen molar-refractivity contribution in [3.63, 3.8) is 0 Å². The van der Waals surface area contributed by atoms with Crippen molar-refractivity contribution in [3.05, 3.63) is 29.8 Å². The van der Waals surface area contributed by atoms with E-state index in [1.54, 1.807) is 7.11 Å². The molecule has 0 aliphatic rings. The number of rotatable bonds is 8. The average Bonchev–Trinajstić information content (AvgIpc) is 2.37. The lowest BCUT2D eigenvalue weighted by Crippen LogP contribution is -2.09. The maximum Gasteiger partial charge on any atom is 0.166 e. The van der Waals surface area contributed by atoms with Crippen molar-refractivity contribution in [2.75, 3.05) is 20.3 Å². The summed E-state index contributed by atoms with van der Waals surface area (Å²) in [6.45, 7) is 5.22. The third-order valence-corrected chi connectivity index (χ3v) is 2.68. The molecular formula is C15H22O3. The van der Waals surface area contributed by atoms with E-state index in [-0.39, 0.29) is 5.78 Å². The van der Waals surface area contributed by atoms with Gasteiger partial charge in [-0.25, -0.2) is 0 Å². The standard InChI is InChI=1S/C15H22O3/c1-12(2)8-9-14(16)13-6-4-5-7-15(13)18-11-10-17-3/h4-7,12H,8-11H2,1-3H3. The van der Waals surface area contributed by atoms with Crippen LogP contribution in [0.4, 0.5) is 0 Å². The molecule has 1 rings (SSSR count). The molecule has 3 nitrogen and oxygen atoms in total. The monoisotopic (exact) mass is 250 g/mol. The Morgan fingerprint density at radius 1 is 1.22 bits per heavy atom. The van der Waals surface area contributed by atoms with Gasteiger partial charge in [0, 0.05) is 13.5 Å². The molecule has 0 saturated heterocycles. The summed E-state index contributed by atoms with van der Waals surface area (Å²) in [7, 11) is 1.63. The molecule has 100 valence electrons. The number of hydrogen-bond donors (Lipinski definition) is 0. The van der Waals surface area contributed by atoms with Crippen molar-refractivity contribution in [1.82, 2.24) is 0 Å². The molecule has 0 saturated carbocycles. The molecular weight excluding hydrogens is 228 g/mol. The Balaban J connectivity index is 2.65. The molecule has 0 aliphatic heterocycles. The molecule has 0 heterocycles. The molecule has 0 fully saturated rings. The van der Waals surface area contributed by atoms with Crippen molar-refractivity contribution in [1.29, 1.82) is 0 Å². The van der Waals surface area contributed by atoms with Gasteiger partial charge < -0.3 is 9.47 Å². The fourth-order valence-corrected chi connectivity index (χ4v) is 1.61. The summed E-state index contributed by atoms with van der Waals surface area (Å²) in [6, 6.07) is 7.40. The first-order valence-corrected chi connectivity index (χ1v) is 6.39. The van der Waals surface area contributed by atoms with Gasteiger partial charge in [0.25, 0.3) is 0 Å². The number of carbonyl (C=O) groups is 1. The number of benzene rings is 1. The summed E-state index contributed by atoms with van der Waals surface area (Å²) in [6.07, 6.45) is 1.48. The summed E-state index contributed by atoms with van der Waals surface area (Å²) < 4.78 is 10.5. The number of ether oxygens (including phenoxy) is 2. The highest BCUT2D eigenvalue weighted by molar-refractivity contribution is 5.98. The predicted molar refractivity (Wildman–Crippen MR) is 72.2 cm³/mol. The summed E-state index contributed by atoms with van der Waals surface area (Å²) in [5.74, 6) is 1.34. The summed E-state index contributed by atoms with van der Waals surface area (Å²) in [4.78, 5) is 12.1. The van der Waals surface area contributed by atoms with Crippen molar-refractivity contribution < 1.29 is 14.3 Å². The molecule has 1 aromatic rings. The molecule has 0 spiro atoms. The highest BCUT2D eigenvalue weighted by Gasteiger charge is 2.12. The number of Topliss-reactive ketones (excluding diaryl/α,β-unsaturated/α-hetero) is 1. The Bertz CT molecular complexity index is 372. The van der Waals surface area contributed by atoms with Crippen molar-refractivity contribution in [2.24, 2.45) is 5.92 Å². The van der Waals surface area contributed by atoms with Gasteiger partial charge in [-0.15, -0.1) is 0 Å². The topological polar surface area (TPSA) is 35.5 Å². The molecule has 0 radical (unpaired) electrons. The Kier molecular flexibility index (Phi) is 6.44. The summed E-state index contributed by atoms with van der Waals surface area (Å²) in [5.41, 5.74) is 0.675. The van der Waals surface area contributed by atoms with E-state index in [0.29, 0.717) is 36.9 Å². The van der Waals surface area contributed by atoms with Gasteiger partial charge in [-0.1, -0.05) is 26.0 Å². The van der Waals surface area contributed by atoms with Crippen LogP contribution in [-0.2, 0) is 4.74 Å². The van der Waals surface area contributed by atoms with E-state index < -0.39 is 0 Å². The highest BCUT2D eigenvalue weighted by Crippen LogP contribution is 2.21. The van der Waals surface area contributed by atoms with Crippen molar-refractivity contribution in [2.45, 2.75) is 26.7 Å². The number of methoxy groups -OCH3 is 1. The molecule has 0 atom stereocenters. The zero-order valence-electron chi connectivity index (χ0n) is 11.4. The number of carbonyl (C=O) groups excluding carboxylic acids is 1. The van der Waals surface area contributed by atoms with Gasteiger partial charge in [-0.05, 0) is 24.5 Å². The fourth-order valence-electron chi connectivity index (χ4n) is 1.61. The van der Waals surface area contributed by atoms with E-state index in [1.807, 2.05) is 24.3 Å². The lowest BCUT2D eigenvalue weighted by molar-refractivity contribution is 0.0967. The number of ketones is 1. The van der Waals surface area contributed by atoms with Crippen LogP contribution in [0.15, 0.2) is 24.3 Å². The quantitative estimate of drug-likeness (QED) is 0.524. The second kappa shape index (κ2) is 7.88. The molecule has 3 heteroatoms. The lowest BCUT2D eigenvalue weighted by atomic mass is 10.0. The SMILES string of the molecule is COCCOc1ccccc1C(=O)CCC(C)C. The Labute approximate surface area is 109 Å². The smallest absolute Gasteiger partial charge is 0.166 e. The van der Waals surface area contributed by atoms with Gasteiger partial charge in [-0.3, -0.25) is 4.79 Å². The van der Waals surface area contributed by atoms with Crippen LogP contribution in [-0.4, -0.2) is 26.1 Å². The highest BCUT2D eigenvalue weighted by atomic mass is 16.5. The van der Waals surface area contributed by atoms with E-state index in [4.69, 9.17) is 9.47 Å². The number of para-hydroxylation sites is 1. The van der Waals surface area contributed by atoms with Gasteiger partial charge in [0.2, 0.25) is 0 Å². The van der Waals surface area contributed by atoms with Gasteiger partial charge >= 0.3 is 0 Å². The zero-order valence-corrected chi connectivity index (χ0v) is 11.4. The van der Waals surface area contributed by atoms with Crippen LogP contribution in [0.2, 0.25) is 0 Å². The summed E-state index contributed by atoms with van der Waals surface area (Å²) >= 11 is 0. The van der Waals surface area contributed by atoms with Crippen molar-refractivity contribution >= 4 is 5.78 Å². The maximum absolute atomic E-state index is 12.1. The van der Waals surface area contributed by atoms with Crippen LogP contribution in [0.5, 0.6) is 5.75 Å². The molecule has 0 aromatic heterocycles. The van der Waals surface area contributed by atoms with E-state index in [2.05, 4.69) is 13.8 Å². The molecule has 18 heavy (non-hydrogen) atoms. The Morgan fingerprint density at radius 3 is 2.61 bits per heavy atom. The zero-order chi connectivity index (χ0) is 13.4. The van der Waals surface area contributed by atoms with E-state index in [0.717, 1.165) is 6.42 Å². The van der Waals surface area contributed by atoms with Crippen molar-refractivity contribution in [3.8, 4) is 5.75 Å². The molecule has 0 unspecified atom stereocenters. The molecule has 0 bridgehead atoms. The van der Waals surface area contributed by atoms with Gasteiger partial charge in [0.15, 0.2) is 5.78 Å². The first kappa shape index (κ1) is 14.7. The normalized spacial score (nSPS) is 10.7. The van der Waals surface area contributed by atoms with Crippen LogP contribution in [0.25, 0.3) is 0 Å². The maximum atomic E-state index is 12.1. The van der Waals surface area contributed by atoms with Crippen LogP contribution < -0.4 is 4.74 Å². The Hall–Kier alpha value is -1.35. The van der Waals surface area contributed by atoms with Gasteiger partial charge in [0.1, 0.15) is 12.4 Å². The first-order chi connectivity index (χ1) is 8.65. The minimum Gasteiger partial charge on any atom is -0.490 e. The second-order valence-electron chi connectivity index (χ2n) is 4.69. The van der Waals surface area contributed by atoms with Crippen LogP contribution >= 0.6 is 0 Å². The van der Waals surface area contributed by atoms with E-state index in [9.17, 15) is 4.79 Å². The minimum absolute atomic E-state index is 0.150. The molecule has 0 N–H and O–H groups in total. The van der Waals surface area contributed by atoms with Crippen LogP contribution in [0.3, 0.4) is 0 Å². The first-order valence-electron chi connectivity index (χ1n) is 6.39. The molecule has 1 aromatic carbocycles. The van der Waals surface area contributed by atoms with Crippen LogP contribution in [0.1, 0.15) is 37.0 Å². The largest absolute Gasteiger partial charge is 0.490 e. The predicted octanol–water partition coefficient (Wildman–Crippen LogP) is 3.33. The third kappa shape index (κ3) is 4.88. The molecule has 0 amide bonds. The van der Waals surface area contributed by atoms with E-state index in [1.165, 1.54) is 0 Å². The number of hydrogen-bond acceptors (Lipinski definition) is 3. The van der Waals surface area contributed by atoms with Gasteiger partial charge in [-0.2, -0.15) is 0 Å². The second-order valence-corrected chi connectivity index (χ2v) is 4.69. The van der Waals surface area contributed by atoms with Crippen LogP contribution in [0, 0.1) is 5.92 Å². The molecule has 0 aliphatic carbocycles. The lowest BCUT2D eigenvalue weighted by Gasteiger charge is -2.11. The minimum atomic E-state index is 0.150. The summed E-state index contributed by atoms with van der Waals surface area (Å²) in [5, 5.41) is 0. The third-order valence-electron chi connectivity index (χ3n) is 2.68.